The van der Waals surface area contributed by atoms with Crippen molar-refractivity contribution >= 4 is 17.0 Å². The van der Waals surface area contributed by atoms with Gasteiger partial charge in [-0.3, -0.25) is 5.10 Å². The Hall–Kier alpha value is -1.85. The second kappa shape index (κ2) is 5.66. The largest absolute Gasteiger partial charge is 0.474 e. The minimum atomic E-state index is 0.137. The van der Waals surface area contributed by atoms with Crippen LogP contribution in [0.25, 0.3) is 11.0 Å². The molecule has 6 heteroatoms. The highest BCUT2D eigenvalue weighted by Crippen LogP contribution is 2.23. The molecule has 0 aromatic carbocycles. The van der Waals surface area contributed by atoms with E-state index in [0.29, 0.717) is 17.5 Å². The predicted octanol–water partition coefficient (Wildman–Crippen LogP) is 2.35. The summed E-state index contributed by atoms with van der Waals surface area (Å²) in [6.45, 7) is 6.95. The van der Waals surface area contributed by atoms with E-state index in [1.54, 1.807) is 6.20 Å². The zero-order valence-electron chi connectivity index (χ0n) is 11.0. The van der Waals surface area contributed by atoms with Crippen LogP contribution in [-0.4, -0.2) is 32.8 Å². The summed E-state index contributed by atoms with van der Waals surface area (Å²) in [5, 5.41) is 10.7. The predicted molar refractivity (Wildman–Crippen MR) is 70.8 cm³/mol. The number of aromatic nitrogens is 4. The number of aromatic amines is 1. The van der Waals surface area contributed by atoms with E-state index in [4.69, 9.17) is 4.74 Å². The lowest BCUT2D eigenvalue weighted by Crippen LogP contribution is -2.13. The molecule has 0 bridgehead atoms. The Morgan fingerprint density at radius 2 is 2.22 bits per heavy atom. The lowest BCUT2D eigenvalue weighted by Gasteiger charge is -2.14. The second-order valence-corrected chi connectivity index (χ2v) is 4.23. The fourth-order valence-electron chi connectivity index (χ4n) is 1.79. The van der Waals surface area contributed by atoms with Gasteiger partial charge in [0.15, 0.2) is 5.65 Å². The fourth-order valence-corrected chi connectivity index (χ4v) is 1.79. The first-order chi connectivity index (χ1) is 8.74. The molecule has 2 aromatic heterocycles. The quantitative estimate of drug-likeness (QED) is 0.821. The van der Waals surface area contributed by atoms with E-state index < -0.39 is 0 Å². The third-order valence-corrected chi connectivity index (χ3v) is 2.62. The van der Waals surface area contributed by atoms with Gasteiger partial charge >= 0.3 is 0 Å². The van der Waals surface area contributed by atoms with Gasteiger partial charge < -0.3 is 10.1 Å². The number of ether oxygens (including phenoxy) is 1. The Morgan fingerprint density at radius 1 is 1.39 bits per heavy atom. The third-order valence-electron chi connectivity index (χ3n) is 2.62. The van der Waals surface area contributed by atoms with Crippen LogP contribution in [0.4, 0.5) is 5.95 Å². The zero-order valence-corrected chi connectivity index (χ0v) is 11.0. The highest BCUT2D eigenvalue weighted by Gasteiger charge is 2.12. The highest BCUT2D eigenvalue weighted by atomic mass is 16.5. The average Bonchev–Trinajstić information content (AvgIpc) is 2.78. The maximum atomic E-state index is 5.86. The molecule has 0 aliphatic heterocycles. The molecule has 0 fully saturated rings. The SMILES string of the molecule is CCCC(C)Oc1nc(NCC)nc2[nH]ncc12. The van der Waals surface area contributed by atoms with Crippen LogP contribution in [0, 0.1) is 0 Å². The van der Waals surface area contributed by atoms with Gasteiger partial charge in [0.2, 0.25) is 11.8 Å². The Kier molecular flexibility index (Phi) is 3.96. The summed E-state index contributed by atoms with van der Waals surface area (Å²) in [5.41, 5.74) is 0.694. The summed E-state index contributed by atoms with van der Waals surface area (Å²) in [5.74, 6) is 1.15. The molecular formula is C12H19N5O. The molecule has 2 N–H and O–H groups in total. The van der Waals surface area contributed by atoms with Crippen molar-refractivity contribution in [3.63, 3.8) is 0 Å². The van der Waals surface area contributed by atoms with Crippen molar-refractivity contribution in [2.45, 2.75) is 39.7 Å². The van der Waals surface area contributed by atoms with Crippen molar-refractivity contribution in [1.82, 2.24) is 20.2 Å². The first-order valence-corrected chi connectivity index (χ1v) is 6.36. The van der Waals surface area contributed by atoms with Crippen molar-refractivity contribution < 1.29 is 4.74 Å². The number of rotatable bonds is 6. The van der Waals surface area contributed by atoms with Gasteiger partial charge in [-0.1, -0.05) is 13.3 Å². The lowest BCUT2D eigenvalue weighted by molar-refractivity contribution is 0.204. The molecule has 0 saturated heterocycles. The number of nitrogens with zero attached hydrogens (tertiary/aromatic N) is 3. The minimum absolute atomic E-state index is 0.137. The van der Waals surface area contributed by atoms with Gasteiger partial charge in [-0.2, -0.15) is 15.1 Å². The standard InChI is InChI=1S/C12H19N5O/c1-4-6-8(3)18-11-9-7-14-17-10(9)15-12(16-11)13-5-2/h7-8H,4-6H2,1-3H3,(H2,13,14,15,16,17). The highest BCUT2D eigenvalue weighted by molar-refractivity contribution is 5.80. The second-order valence-electron chi connectivity index (χ2n) is 4.23. The molecule has 2 rings (SSSR count). The molecule has 1 unspecified atom stereocenters. The van der Waals surface area contributed by atoms with E-state index in [9.17, 15) is 0 Å². The van der Waals surface area contributed by atoms with E-state index in [0.717, 1.165) is 24.8 Å². The molecule has 0 aliphatic carbocycles. The van der Waals surface area contributed by atoms with E-state index >= 15 is 0 Å². The lowest BCUT2D eigenvalue weighted by atomic mass is 10.2. The van der Waals surface area contributed by atoms with E-state index in [2.05, 4.69) is 32.4 Å². The van der Waals surface area contributed by atoms with Gasteiger partial charge in [0.1, 0.15) is 5.39 Å². The topological polar surface area (TPSA) is 75.7 Å². The van der Waals surface area contributed by atoms with Crippen LogP contribution in [0.2, 0.25) is 0 Å². The molecule has 0 radical (unpaired) electrons. The summed E-state index contributed by atoms with van der Waals surface area (Å²) < 4.78 is 5.86. The van der Waals surface area contributed by atoms with Crippen LogP contribution in [0.5, 0.6) is 5.88 Å². The molecule has 1 atom stereocenters. The molecule has 2 aromatic rings. The molecule has 0 aliphatic rings. The Morgan fingerprint density at radius 3 is 2.94 bits per heavy atom. The number of anilines is 1. The van der Waals surface area contributed by atoms with Gasteiger partial charge in [0, 0.05) is 6.54 Å². The molecule has 98 valence electrons. The van der Waals surface area contributed by atoms with Crippen molar-refractivity contribution in [1.29, 1.82) is 0 Å². The zero-order chi connectivity index (χ0) is 13.0. The maximum absolute atomic E-state index is 5.86. The van der Waals surface area contributed by atoms with Crippen molar-refractivity contribution in [3.05, 3.63) is 6.20 Å². The normalized spacial score (nSPS) is 12.6. The van der Waals surface area contributed by atoms with Crippen LogP contribution < -0.4 is 10.1 Å². The van der Waals surface area contributed by atoms with E-state index in [1.165, 1.54) is 0 Å². The van der Waals surface area contributed by atoms with Crippen LogP contribution >= 0.6 is 0 Å². The minimum Gasteiger partial charge on any atom is -0.474 e. The van der Waals surface area contributed by atoms with Crippen LogP contribution in [-0.2, 0) is 0 Å². The van der Waals surface area contributed by atoms with Crippen molar-refractivity contribution in [2.24, 2.45) is 0 Å². The third kappa shape index (κ3) is 2.69. The maximum Gasteiger partial charge on any atom is 0.229 e. The average molecular weight is 249 g/mol. The molecule has 18 heavy (non-hydrogen) atoms. The number of H-pyrrole nitrogens is 1. The van der Waals surface area contributed by atoms with E-state index in [1.807, 2.05) is 13.8 Å². The Balaban J connectivity index is 2.31. The van der Waals surface area contributed by atoms with Gasteiger partial charge in [-0.05, 0) is 20.3 Å². The molecular weight excluding hydrogens is 230 g/mol. The summed E-state index contributed by atoms with van der Waals surface area (Å²) in [4.78, 5) is 8.70. The smallest absolute Gasteiger partial charge is 0.229 e. The van der Waals surface area contributed by atoms with Crippen LogP contribution in [0.15, 0.2) is 6.20 Å². The number of fused-ring (bicyclic) bond motifs is 1. The van der Waals surface area contributed by atoms with Gasteiger partial charge in [-0.15, -0.1) is 0 Å². The number of nitrogens with one attached hydrogen (secondary N) is 2. The van der Waals surface area contributed by atoms with Crippen LogP contribution in [0.1, 0.15) is 33.6 Å². The molecule has 0 amide bonds. The van der Waals surface area contributed by atoms with Gasteiger partial charge in [0.05, 0.1) is 12.3 Å². The van der Waals surface area contributed by atoms with Crippen molar-refractivity contribution in [2.75, 3.05) is 11.9 Å². The Bertz CT molecular complexity index is 510. The summed E-state index contributed by atoms with van der Waals surface area (Å²) in [7, 11) is 0. The van der Waals surface area contributed by atoms with Crippen molar-refractivity contribution in [3.8, 4) is 5.88 Å². The Labute approximate surface area is 106 Å². The first-order valence-electron chi connectivity index (χ1n) is 6.36. The monoisotopic (exact) mass is 249 g/mol. The summed E-state index contributed by atoms with van der Waals surface area (Å²) >= 11 is 0. The molecule has 2 heterocycles. The van der Waals surface area contributed by atoms with Crippen LogP contribution in [0.3, 0.4) is 0 Å². The fraction of sp³-hybridized carbons (Fsp3) is 0.583. The summed E-state index contributed by atoms with van der Waals surface area (Å²) in [6.07, 6.45) is 3.91. The van der Waals surface area contributed by atoms with Gasteiger partial charge in [-0.25, -0.2) is 0 Å². The summed E-state index contributed by atoms with van der Waals surface area (Å²) in [6, 6.07) is 0. The molecule has 0 spiro atoms. The molecule has 6 nitrogen and oxygen atoms in total. The first kappa shape index (κ1) is 12.6. The molecule has 0 saturated carbocycles. The van der Waals surface area contributed by atoms with Gasteiger partial charge in [0.25, 0.3) is 0 Å². The number of hydrogen-bond donors (Lipinski definition) is 2. The number of hydrogen-bond acceptors (Lipinski definition) is 5. The van der Waals surface area contributed by atoms with E-state index in [-0.39, 0.29) is 6.10 Å².